The van der Waals surface area contributed by atoms with E-state index in [4.69, 9.17) is 0 Å². The minimum Gasteiger partial charge on any atom is -0.219 e. The maximum absolute atomic E-state index is 12.4. The largest absolute Gasteiger partial charge is 0.219 e. The third kappa shape index (κ3) is 5.39. The molecule has 0 radical (unpaired) electrons. The van der Waals surface area contributed by atoms with Crippen LogP contribution in [0.1, 0.15) is 0 Å². The van der Waals surface area contributed by atoms with Crippen molar-refractivity contribution in [2.75, 3.05) is 0 Å². The topological polar surface area (TPSA) is 68.3 Å². The van der Waals surface area contributed by atoms with Gasteiger partial charge in [-0.1, -0.05) is 13.2 Å². The van der Waals surface area contributed by atoms with Crippen LogP contribution < -0.4 is 0 Å². The van der Waals surface area contributed by atoms with Gasteiger partial charge in [0.1, 0.15) is 11.6 Å². The summed E-state index contributed by atoms with van der Waals surface area (Å²) in [5, 5.41) is 1.67. The van der Waals surface area contributed by atoms with Crippen LogP contribution in [0.4, 0.5) is 8.78 Å². The molecule has 0 bridgehead atoms. The van der Waals surface area contributed by atoms with Gasteiger partial charge in [-0.3, -0.25) is 0 Å². The molecule has 24 heavy (non-hydrogen) atoms. The number of hydrogen-bond acceptors (Lipinski definition) is 4. The molecule has 0 aliphatic heterocycles. The Kier molecular flexibility index (Phi) is 6.56. The minimum absolute atomic E-state index is 0.0545. The Balaban J connectivity index is 0.000000240. The predicted octanol–water partition coefficient (Wildman–Crippen LogP) is 3.49. The summed E-state index contributed by atoms with van der Waals surface area (Å²) in [6, 6.07) is 9.18. The van der Waals surface area contributed by atoms with Crippen LogP contribution in [0.3, 0.4) is 0 Å². The molecule has 0 aromatic heterocycles. The highest BCUT2D eigenvalue weighted by Crippen LogP contribution is 2.12. The summed E-state index contributed by atoms with van der Waals surface area (Å²) >= 11 is 0. The molecule has 0 atom stereocenters. The molecule has 0 aliphatic rings. The van der Waals surface area contributed by atoms with Crippen molar-refractivity contribution in [3.05, 3.63) is 84.1 Å². The zero-order valence-corrected chi connectivity index (χ0v) is 14.0. The van der Waals surface area contributed by atoms with Gasteiger partial charge in [-0.05, 0) is 48.5 Å². The maximum atomic E-state index is 12.4. The molecule has 0 aliphatic carbocycles. The van der Waals surface area contributed by atoms with Crippen LogP contribution in [0, 0.1) is 11.6 Å². The summed E-state index contributed by atoms with van der Waals surface area (Å²) < 4.78 is 69.0. The monoisotopic (exact) mass is 371 g/mol. The third-order valence-corrected chi connectivity index (χ3v) is 5.46. The van der Waals surface area contributed by atoms with Gasteiger partial charge < -0.3 is 0 Å². The highest BCUT2D eigenvalue weighted by Gasteiger charge is 2.08. The van der Waals surface area contributed by atoms with E-state index in [1.807, 2.05) is 0 Å². The summed E-state index contributed by atoms with van der Waals surface area (Å²) in [5.41, 5.74) is 0. The molecular weight excluding hydrogens is 357 g/mol. The van der Waals surface area contributed by atoms with Crippen LogP contribution in [0.2, 0.25) is 0 Å². The summed E-state index contributed by atoms with van der Waals surface area (Å²) in [7, 11) is -6.84. The van der Waals surface area contributed by atoms with Crippen LogP contribution >= 0.6 is 0 Å². The van der Waals surface area contributed by atoms with E-state index in [-0.39, 0.29) is 9.79 Å². The van der Waals surface area contributed by atoms with E-state index >= 15 is 0 Å². The summed E-state index contributed by atoms with van der Waals surface area (Å²) in [6.45, 7) is 6.30. The van der Waals surface area contributed by atoms with E-state index in [0.29, 0.717) is 0 Å². The number of sulfone groups is 2. The molecule has 0 N–H and O–H groups in total. The van der Waals surface area contributed by atoms with E-state index in [1.54, 1.807) is 0 Å². The minimum atomic E-state index is -3.42. The average Bonchev–Trinajstić information content (AvgIpc) is 2.56. The van der Waals surface area contributed by atoms with Gasteiger partial charge >= 0.3 is 0 Å². The standard InChI is InChI=1S/2C8H7FO2S/c2*1-2-12(10,11)8-5-3-7(9)4-6-8/h2*2-6H,1H2/i9-1;. The summed E-state index contributed by atoms with van der Waals surface area (Å²) in [4.78, 5) is 0.109. The molecule has 8 heteroatoms. The second-order valence-electron chi connectivity index (χ2n) is 4.33. The zero-order chi connectivity index (χ0) is 18.4. The molecule has 0 fully saturated rings. The molecule has 2 rings (SSSR count). The molecule has 0 saturated carbocycles. The van der Waals surface area contributed by atoms with Gasteiger partial charge in [0, 0.05) is 10.8 Å². The predicted molar refractivity (Wildman–Crippen MR) is 87.6 cm³/mol. The van der Waals surface area contributed by atoms with Crippen molar-refractivity contribution in [3.8, 4) is 0 Å². The van der Waals surface area contributed by atoms with Crippen LogP contribution in [-0.2, 0) is 19.7 Å². The average molecular weight is 371 g/mol. The fourth-order valence-electron chi connectivity index (χ4n) is 1.44. The molecule has 128 valence electrons. The molecule has 0 heterocycles. The summed E-state index contributed by atoms with van der Waals surface area (Å²) in [6.07, 6.45) is 0. The first kappa shape index (κ1) is 19.7. The van der Waals surface area contributed by atoms with Crippen molar-refractivity contribution < 1.29 is 25.6 Å². The Hall–Kier alpha value is -2.32. The van der Waals surface area contributed by atoms with Gasteiger partial charge in [-0.2, -0.15) is 0 Å². The molecular formula is C16H14F2O4S2. The lowest BCUT2D eigenvalue weighted by atomic mass is 10.3. The van der Waals surface area contributed by atoms with Gasteiger partial charge in [0.05, 0.1) is 9.79 Å². The van der Waals surface area contributed by atoms with E-state index < -0.39 is 31.3 Å². The van der Waals surface area contributed by atoms with Crippen molar-refractivity contribution >= 4 is 19.7 Å². The molecule has 0 saturated heterocycles. The Morgan fingerprint density at radius 2 is 0.875 bits per heavy atom. The van der Waals surface area contributed by atoms with Crippen LogP contribution in [0.5, 0.6) is 0 Å². The zero-order valence-electron chi connectivity index (χ0n) is 12.4. The molecule has 0 unspecified atom stereocenters. The molecule has 2 aromatic rings. The lowest BCUT2D eigenvalue weighted by Gasteiger charge is -1.96. The number of hydrogen-bond donors (Lipinski definition) is 0. The summed E-state index contributed by atoms with van der Waals surface area (Å²) in [5.74, 6) is -0.920. The van der Waals surface area contributed by atoms with E-state index in [9.17, 15) is 25.6 Å². The van der Waals surface area contributed by atoms with Crippen molar-refractivity contribution in [3.63, 3.8) is 0 Å². The lowest BCUT2D eigenvalue weighted by Crippen LogP contribution is -1.94. The van der Waals surface area contributed by atoms with Gasteiger partial charge in [-0.25, -0.2) is 25.6 Å². The molecule has 0 spiro atoms. The molecule has 2 aromatic carbocycles. The highest BCUT2D eigenvalue weighted by atomic mass is 32.2. The number of halogens is 2. The fourth-order valence-corrected chi connectivity index (χ4v) is 2.86. The van der Waals surface area contributed by atoms with Gasteiger partial charge in [0.15, 0.2) is 19.7 Å². The Labute approximate surface area is 139 Å². The first-order valence-electron chi connectivity index (χ1n) is 6.38. The quantitative estimate of drug-likeness (QED) is 0.772. The number of rotatable bonds is 4. The van der Waals surface area contributed by atoms with Crippen molar-refractivity contribution in [1.29, 1.82) is 0 Å². The fraction of sp³-hybridized carbons (Fsp3) is 0. The first-order valence-corrected chi connectivity index (χ1v) is 9.48. The first-order chi connectivity index (χ1) is 11.1. The van der Waals surface area contributed by atoms with E-state index in [1.165, 1.54) is 24.3 Å². The maximum Gasteiger partial charge on any atom is 0.199 e. The van der Waals surface area contributed by atoms with Crippen LogP contribution in [-0.4, -0.2) is 16.8 Å². The van der Waals surface area contributed by atoms with Crippen molar-refractivity contribution in [1.82, 2.24) is 0 Å². The molecule has 4 nitrogen and oxygen atoms in total. The van der Waals surface area contributed by atoms with Gasteiger partial charge in [0.25, 0.3) is 0 Å². The van der Waals surface area contributed by atoms with Crippen molar-refractivity contribution in [2.45, 2.75) is 9.79 Å². The van der Waals surface area contributed by atoms with Crippen molar-refractivity contribution in [2.24, 2.45) is 0 Å². The van der Waals surface area contributed by atoms with Crippen LogP contribution in [0.25, 0.3) is 0 Å². The highest BCUT2D eigenvalue weighted by molar-refractivity contribution is 7.94. The lowest BCUT2D eigenvalue weighted by molar-refractivity contribution is 0.601. The third-order valence-electron chi connectivity index (χ3n) is 2.72. The smallest absolute Gasteiger partial charge is 0.199 e. The van der Waals surface area contributed by atoms with Gasteiger partial charge in [0.2, 0.25) is 0 Å². The second kappa shape index (κ2) is 7.98. The van der Waals surface area contributed by atoms with E-state index in [0.717, 1.165) is 35.1 Å². The number of benzene rings is 2. The van der Waals surface area contributed by atoms with Gasteiger partial charge in [-0.15, -0.1) is 0 Å². The Morgan fingerprint density at radius 1 is 0.625 bits per heavy atom. The van der Waals surface area contributed by atoms with Crippen LogP contribution in [0.15, 0.2) is 82.3 Å². The molecule has 0 amide bonds. The normalized spacial score (nSPS) is 11.1. The Morgan fingerprint density at radius 3 is 1.08 bits per heavy atom. The Bertz CT molecular complexity index is 836. The SMILES string of the molecule is C=CS(=O)(=O)c1ccc(F)cc1.C=CS(=O)(=O)c1ccc([18F])cc1. The van der Waals surface area contributed by atoms with E-state index in [2.05, 4.69) is 13.2 Å². The second-order valence-corrected chi connectivity index (χ2v) is 8.12.